The van der Waals surface area contributed by atoms with Crippen LogP contribution in [0, 0.1) is 5.41 Å². The summed E-state index contributed by atoms with van der Waals surface area (Å²) in [5.74, 6) is 0. The third-order valence-electron chi connectivity index (χ3n) is 4.57. The molecule has 2 N–H and O–H groups in total. The number of hydrogen-bond acceptors (Lipinski definition) is 4. The van der Waals surface area contributed by atoms with Gasteiger partial charge in [-0.05, 0) is 38.0 Å². The predicted octanol–water partition coefficient (Wildman–Crippen LogP) is 2.84. The molecule has 5 nitrogen and oxygen atoms in total. The van der Waals surface area contributed by atoms with Gasteiger partial charge in [0, 0.05) is 25.8 Å². The summed E-state index contributed by atoms with van der Waals surface area (Å²) in [7, 11) is -2.72. The molecule has 0 aromatic heterocycles. The maximum atomic E-state index is 12.8. The van der Waals surface area contributed by atoms with Crippen molar-refractivity contribution in [1.29, 1.82) is 0 Å². The predicted molar refractivity (Wildman–Crippen MR) is 85.6 cm³/mol. The molecule has 6 heteroatoms. The Morgan fingerprint density at radius 3 is 2.52 bits per heavy atom. The Kier molecular flexibility index (Phi) is 5.54. The second-order valence-corrected chi connectivity index (χ2v) is 9.96. The number of ether oxygens (including phenoxy) is 1. The highest BCUT2D eigenvalue weighted by molar-refractivity contribution is 7.55. The summed E-state index contributed by atoms with van der Waals surface area (Å²) in [5, 5.41) is 0. The Morgan fingerprint density at radius 1 is 1.33 bits per heavy atom. The van der Waals surface area contributed by atoms with Gasteiger partial charge in [-0.3, -0.25) is 4.57 Å². The first kappa shape index (κ1) is 17.4. The summed E-state index contributed by atoms with van der Waals surface area (Å²) < 4.78 is 26.5. The van der Waals surface area contributed by atoms with Crippen molar-refractivity contribution in [3.63, 3.8) is 0 Å². The lowest BCUT2D eigenvalue weighted by molar-refractivity contribution is -0.0998. The van der Waals surface area contributed by atoms with Gasteiger partial charge in [-0.15, -0.1) is 0 Å². The summed E-state index contributed by atoms with van der Waals surface area (Å²) in [5.41, 5.74) is 6.16. The summed E-state index contributed by atoms with van der Waals surface area (Å²) in [6, 6.07) is 0.240. The van der Waals surface area contributed by atoms with Crippen molar-refractivity contribution in [3.8, 4) is 0 Å². The standard InChI is InChI=1S/C15H31N2O3P/c1-12-9-15(2,3)10-14(20-12)11-19-21(4,18)17-7-5-13(16)6-8-17/h12-14H,5-11,16H2,1-4H3. The first-order valence-corrected chi connectivity index (χ1v) is 10.1. The van der Waals surface area contributed by atoms with E-state index in [1.807, 2.05) is 4.67 Å². The molecule has 2 aliphatic heterocycles. The Labute approximate surface area is 129 Å². The zero-order valence-corrected chi connectivity index (χ0v) is 14.8. The van der Waals surface area contributed by atoms with Crippen LogP contribution in [0.1, 0.15) is 46.5 Å². The van der Waals surface area contributed by atoms with Crippen LogP contribution < -0.4 is 5.73 Å². The minimum Gasteiger partial charge on any atom is -0.373 e. The molecule has 0 aromatic carbocycles. The van der Waals surface area contributed by atoms with E-state index in [2.05, 4.69) is 20.8 Å². The molecular weight excluding hydrogens is 287 g/mol. The average Bonchev–Trinajstić information content (AvgIpc) is 2.35. The van der Waals surface area contributed by atoms with Crippen LogP contribution in [0.25, 0.3) is 0 Å². The summed E-state index contributed by atoms with van der Waals surface area (Å²) in [6.45, 7) is 10.3. The zero-order valence-electron chi connectivity index (χ0n) is 13.9. The summed E-state index contributed by atoms with van der Waals surface area (Å²) in [6.07, 6.45) is 4.10. The summed E-state index contributed by atoms with van der Waals surface area (Å²) in [4.78, 5) is 0. The maximum Gasteiger partial charge on any atom is 0.269 e. The molecule has 2 heterocycles. The molecule has 0 saturated carbocycles. The van der Waals surface area contributed by atoms with Crippen LogP contribution in [0.4, 0.5) is 0 Å². The smallest absolute Gasteiger partial charge is 0.269 e. The fourth-order valence-corrected chi connectivity index (χ4v) is 5.12. The number of rotatable bonds is 4. The van der Waals surface area contributed by atoms with Crippen LogP contribution in [0.3, 0.4) is 0 Å². The Bertz CT molecular complexity index is 394. The first-order valence-electron chi connectivity index (χ1n) is 8.06. The van der Waals surface area contributed by atoms with Crippen molar-refractivity contribution < 1.29 is 13.8 Å². The fraction of sp³-hybridized carbons (Fsp3) is 1.00. The molecule has 0 amide bonds. The van der Waals surface area contributed by atoms with E-state index in [1.54, 1.807) is 6.66 Å². The monoisotopic (exact) mass is 318 g/mol. The largest absolute Gasteiger partial charge is 0.373 e. The van der Waals surface area contributed by atoms with Gasteiger partial charge >= 0.3 is 0 Å². The van der Waals surface area contributed by atoms with Crippen molar-refractivity contribution in [2.24, 2.45) is 11.1 Å². The van der Waals surface area contributed by atoms with Gasteiger partial charge in [0.15, 0.2) is 0 Å². The lowest BCUT2D eigenvalue weighted by Gasteiger charge is -2.40. The molecule has 21 heavy (non-hydrogen) atoms. The number of hydrogen-bond donors (Lipinski definition) is 1. The minimum atomic E-state index is -2.72. The minimum absolute atomic E-state index is 0.0454. The van der Waals surface area contributed by atoms with Crippen molar-refractivity contribution in [3.05, 3.63) is 0 Å². The van der Waals surface area contributed by atoms with Gasteiger partial charge in [-0.1, -0.05) is 13.8 Å². The Balaban J connectivity index is 1.85. The van der Waals surface area contributed by atoms with Crippen LogP contribution in [0.5, 0.6) is 0 Å². The van der Waals surface area contributed by atoms with E-state index in [-0.39, 0.29) is 23.7 Å². The number of nitrogens with zero attached hydrogens (tertiary/aromatic N) is 1. The molecule has 2 saturated heterocycles. The lowest BCUT2D eigenvalue weighted by Crippen LogP contribution is -2.40. The lowest BCUT2D eigenvalue weighted by atomic mass is 9.79. The van der Waals surface area contributed by atoms with Gasteiger partial charge in [0.05, 0.1) is 18.8 Å². The highest BCUT2D eigenvalue weighted by Gasteiger charge is 2.35. The highest BCUT2D eigenvalue weighted by Crippen LogP contribution is 2.49. The molecule has 0 radical (unpaired) electrons. The van der Waals surface area contributed by atoms with Crippen molar-refractivity contribution in [2.45, 2.75) is 64.7 Å². The van der Waals surface area contributed by atoms with Gasteiger partial charge in [-0.25, -0.2) is 4.67 Å². The third-order valence-corrected chi connectivity index (χ3v) is 6.63. The molecule has 0 aromatic rings. The van der Waals surface area contributed by atoms with Crippen molar-refractivity contribution in [2.75, 3.05) is 26.4 Å². The Morgan fingerprint density at radius 2 is 1.95 bits per heavy atom. The van der Waals surface area contributed by atoms with Crippen molar-refractivity contribution >= 4 is 7.52 Å². The average molecular weight is 318 g/mol. The van der Waals surface area contributed by atoms with Crippen LogP contribution in [-0.4, -0.2) is 49.3 Å². The van der Waals surface area contributed by atoms with Crippen LogP contribution in [0.15, 0.2) is 0 Å². The molecule has 2 aliphatic rings. The molecule has 3 unspecified atom stereocenters. The maximum absolute atomic E-state index is 12.8. The molecule has 2 rings (SSSR count). The van der Waals surface area contributed by atoms with Crippen LogP contribution in [0.2, 0.25) is 0 Å². The van der Waals surface area contributed by atoms with E-state index >= 15 is 0 Å². The van der Waals surface area contributed by atoms with E-state index in [0.29, 0.717) is 6.61 Å². The molecular formula is C15H31N2O3P. The highest BCUT2D eigenvalue weighted by atomic mass is 31.2. The molecule has 2 fully saturated rings. The zero-order chi connectivity index (χ0) is 15.7. The second kappa shape index (κ2) is 6.67. The first-order chi connectivity index (χ1) is 9.68. The van der Waals surface area contributed by atoms with Crippen LogP contribution in [-0.2, 0) is 13.8 Å². The molecule has 0 spiro atoms. The normalized spacial score (nSPS) is 34.5. The third kappa shape index (κ3) is 5.04. The second-order valence-electron chi connectivity index (χ2n) is 7.53. The molecule has 0 aliphatic carbocycles. The van der Waals surface area contributed by atoms with E-state index in [1.165, 1.54) is 0 Å². The molecule has 3 atom stereocenters. The number of nitrogens with two attached hydrogens (primary N) is 1. The van der Waals surface area contributed by atoms with E-state index in [0.717, 1.165) is 38.8 Å². The number of piperidine rings is 1. The quantitative estimate of drug-likeness (QED) is 0.808. The van der Waals surface area contributed by atoms with E-state index in [9.17, 15) is 4.57 Å². The van der Waals surface area contributed by atoms with Gasteiger partial charge in [0.25, 0.3) is 7.52 Å². The van der Waals surface area contributed by atoms with Gasteiger partial charge in [0.1, 0.15) is 0 Å². The van der Waals surface area contributed by atoms with Gasteiger partial charge < -0.3 is 15.0 Å². The topological polar surface area (TPSA) is 64.8 Å². The SMILES string of the molecule is CC1CC(C)(C)CC(COP(C)(=O)N2CCC(N)CC2)O1. The van der Waals surface area contributed by atoms with E-state index < -0.39 is 7.52 Å². The summed E-state index contributed by atoms with van der Waals surface area (Å²) >= 11 is 0. The van der Waals surface area contributed by atoms with E-state index in [4.69, 9.17) is 15.0 Å². The molecule has 124 valence electrons. The molecule has 0 bridgehead atoms. The van der Waals surface area contributed by atoms with Crippen LogP contribution >= 0.6 is 7.52 Å². The van der Waals surface area contributed by atoms with Gasteiger partial charge in [0.2, 0.25) is 0 Å². The fourth-order valence-electron chi connectivity index (χ4n) is 3.55. The Hall–Kier alpha value is 0.0700. The van der Waals surface area contributed by atoms with Gasteiger partial charge in [-0.2, -0.15) is 0 Å². The van der Waals surface area contributed by atoms with Crippen molar-refractivity contribution in [1.82, 2.24) is 4.67 Å².